The molecule has 0 bridgehead atoms. The number of hydrogen-bond acceptors (Lipinski definition) is 5. The first-order valence-electron chi connectivity index (χ1n) is 7.06. The van der Waals surface area contributed by atoms with Crippen LogP contribution in [0.15, 0.2) is 12.3 Å². The summed E-state index contributed by atoms with van der Waals surface area (Å²) in [4.78, 5) is 18.4. The van der Waals surface area contributed by atoms with Gasteiger partial charge in [-0.05, 0) is 12.5 Å². The van der Waals surface area contributed by atoms with Crippen LogP contribution in [0.4, 0.5) is 5.82 Å². The Bertz CT molecular complexity index is 498. The minimum atomic E-state index is -0.331. The van der Waals surface area contributed by atoms with Crippen LogP contribution in [0.1, 0.15) is 23.7 Å². The van der Waals surface area contributed by atoms with Crippen LogP contribution in [0, 0.1) is 0 Å². The van der Waals surface area contributed by atoms with Crippen LogP contribution >= 0.6 is 11.6 Å². The Hall–Kier alpha value is -1.37. The molecule has 2 rings (SSSR count). The van der Waals surface area contributed by atoms with E-state index in [1.54, 1.807) is 11.0 Å². The second-order valence-corrected chi connectivity index (χ2v) is 5.29. The van der Waals surface area contributed by atoms with E-state index >= 15 is 0 Å². The first-order valence-corrected chi connectivity index (χ1v) is 7.44. The van der Waals surface area contributed by atoms with Crippen molar-refractivity contribution >= 4 is 23.3 Å². The largest absolute Gasteiger partial charge is 0.394 e. The molecule has 1 aromatic heterocycles. The highest BCUT2D eigenvalue weighted by atomic mass is 35.5. The molecule has 0 saturated carbocycles. The van der Waals surface area contributed by atoms with Crippen molar-refractivity contribution in [2.24, 2.45) is 0 Å². The molecule has 7 heteroatoms. The highest BCUT2D eigenvalue weighted by Gasteiger charge is 2.28. The molecule has 1 aliphatic heterocycles. The third-order valence-corrected chi connectivity index (χ3v) is 3.64. The molecule has 2 heterocycles. The van der Waals surface area contributed by atoms with Crippen LogP contribution in [0.2, 0.25) is 5.02 Å². The maximum Gasteiger partial charge on any atom is 0.256 e. The van der Waals surface area contributed by atoms with Crippen LogP contribution < -0.4 is 5.32 Å². The average Bonchev–Trinajstić information content (AvgIpc) is 2.53. The second-order valence-electron chi connectivity index (χ2n) is 4.89. The normalized spacial score (nSPS) is 18.6. The maximum atomic E-state index is 12.6. The van der Waals surface area contributed by atoms with E-state index in [0.717, 1.165) is 13.0 Å². The van der Waals surface area contributed by atoms with Crippen molar-refractivity contribution in [3.8, 4) is 0 Å². The number of aliphatic hydroxyl groups excluding tert-OH is 1. The first kappa shape index (κ1) is 16.0. The Morgan fingerprint density at radius 3 is 3.19 bits per heavy atom. The molecule has 6 nitrogen and oxygen atoms in total. The Balaban J connectivity index is 2.20. The summed E-state index contributed by atoms with van der Waals surface area (Å²) in [6.45, 7) is 3.95. The number of anilines is 1. The van der Waals surface area contributed by atoms with Crippen molar-refractivity contribution in [3.05, 3.63) is 22.8 Å². The standard InChI is InChI=1S/C14H20ClN3O3/c1-2-3-16-13-6-11(12(15)7-17-13)14(20)18-4-5-21-9-10(18)8-19/h6-7,10,19H,2-5,8-9H2,1H3,(H,16,17). The van der Waals surface area contributed by atoms with Gasteiger partial charge in [0.2, 0.25) is 0 Å². The van der Waals surface area contributed by atoms with Crippen molar-refractivity contribution < 1.29 is 14.6 Å². The average molecular weight is 314 g/mol. The number of carbonyl (C=O) groups excluding carboxylic acids is 1. The van der Waals surface area contributed by atoms with E-state index in [1.165, 1.54) is 6.20 Å². The minimum Gasteiger partial charge on any atom is -0.394 e. The zero-order valence-corrected chi connectivity index (χ0v) is 12.8. The molecule has 1 aliphatic rings. The SMILES string of the molecule is CCCNc1cc(C(=O)N2CCOCC2CO)c(Cl)cn1. The first-order chi connectivity index (χ1) is 10.2. The van der Waals surface area contributed by atoms with Gasteiger partial charge in [0.25, 0.3) is 5.91 Å². The fraction of sp³-hybridized carbons (Fsp3) is 0.571. The quantitative estimate of drug-likeness (QED) is 0.859. The third kappa shape index (κ3) is 3.84. The Morgan fingerprint density at radius 1 is 1.67 bits per heavy atom. The highest BCUT2D eigenvalue weighted by molar-refractivity contribution is 6.33. The van der Waals surface area contributed by atoms with Crippen molar-refractivity contribution in [1.82, 2.24) is 9.88 Å². The number of halogens is 1. The molecular formula is C14H20ClN3O3. The second kappa shape index (κ2) is 7.59. The van der Waals surface area contributed by atoms with Gasteiger partial charge >= 0.3 is 0 Å². The third-order valence-electron chi connectivity index (χ3n) is 3.34. The number of nitrogens with one attached hydrogen (secondary N) is 1. The molecule has 1 atom stereocenters. The summed E-state index contributed by atoms with van der Waals surface area (Å²) in [5.74, 6) is 0.419. The van der Waals surface area contributed by atoms with Crippen molar-refractivity contribution in [2.45, 2.75) is 19.4 Å². The van der Waals surface area contributed by atoms with Crippen LogP contribution in [-0.2, 0) is 4.74 Å². The summed E-state index contributed by atoms with van der Waals surface area (Å²) in [6.07, 6.45) is 2.44. The monoisotopic (exact) mass is 313 g/mol. The van der Waals surface area contributed by atoms with Gasteiger partial charge in [0.15, 0.2) is 0 Å². The van der Waals surface area contributed by atoms with Crippen LogP contribution in [0.3, 0.4) is 0 Å². The molecule has 0 spiro atoms. The molecule has 2 N–H and O–H groups in total. The van der Waals surface area contributed by atoms with Gasteiger partial charge in [-0.1, -0.05) is 18.5 Å². The Morgan fingerprint density at radius 2 is 2.48 bits per heavy atom. The molecule has 21 heavy (non-hydrogen) atoms. The van der Waals surface area contributed by atoms with Gasteiger partial charge in [-0.15, -0.1) is 0 Å². The zero-order chi connectivity index (χ0) is 15.2. The summed E-state index contributed by atoms with van der Waals surface area (Å²) in [5.41, 5.74) is 0.394. The predicted molar refractivity (Wildman–Crippen MR) is 80.8 cm³/mol. The van der Waals surface area contributed by atoms with Crippen LogP contribution in [0.5, 0.6) is 0 Å². The lowest BCUT2D eigenvalue weighted by Gasteiger charge is -2.34. The molecule has 1 fully saturated rings. The highest BCUT2D eigenvalue weighted by Crippen LogP contribution is 2.22. The summed E-state index contributed by atoms with van der Waals surface area (Å²) in [5, 5.41) is 12.8. The lowest BCUT2D eigenvalue weighted by atomic mass is 10.1. The summed E-state index contributed by atoms with van der Waals surface area (Å²) < 4.78 is 5.28. The lowest BCUT2D eigenvalue weighted by Crippen LogP contribution is -2.50. The molecule has 1 unspecified atom stereocenters. The summed E-state index contributed by atoms with van der Waals surface area (Å²) in [6, 6.07) is 1.33. The fourth-order valence-corrected chi connectivity index (χ4v) is 2.36. The topological polar surface area (TPSA) is 74.7 Å². The molecule has 0 aromatic carbocycles. The minimum absolute atomic E-state index is 0.130. The number of nitrogens with zero attached hydrogens (tertiary/aromatic N) is 2. The van der Waals surface area contributed by atoms with Gasteiger partial charge in [-0.2, -0.15) is 0 Å². The number of aliphatic hydroxyl groups is 1. The van der Waals surface area contributed by atoms with Crippen LogP contribution in [0.25, 0.3) is 0 Å². The van der Waals surface area contributed by atoms with Crippen LogP contribution in [-0.4, -0.2) is 59.8 Å². The van der Waals surface area contributed by atoms with Crippen molar-refractivity contribution in [2.75, 3.05) is 38.2 Å². The smallest absolute Gasteiger partial charge is 0.256 e. The number of carbonyl (C=O) groups is 1. The van der Waals surface area contributed by atoms with E-state index in [4.69, 9.17) is 16.3 Å². The molecule has 1 amide bonds. The number of morpholine rings is 1. The molecule has 116 valence electrons. The Kier molecular flexibility index (Phi) is 5.78. The number of hydrogen-bond donors (Lipinski definition) is 2. The molecule has 1 saturated heterocycles. The molecule has 0 radical (unpaired) electrons. The maximum absolute atomic E-state index is 12.6. The number of rotatable bonds is 5. The van der Waals surface area contributed by atoms with Gasteiger partial charge in [-0.3, -0.25) is 4.79 Å². The van der Waals surface area contributed by atoms with Gasteiger partial charge < -0.3 is 20.1 Å². The number of pyridine rings is 1. The van der Waals surface area contributed by atoms with Gasteiger partial charge in [-0.25, -0.2) is 4.98 Å². The summed E-state index contributed by atoms with van der Waals surface area (Å²) >= 11 is 6.10. The van der Waals surface area contributed by atoms with E-state index in [9.17, 15) is 9.90 Å². The van der Waals surface area contributed by atoms with Crippen molar-refractivity contribution in [1.29, 1.82) is 0 Å². The number of ether oxygens (including phenoxy) is 1. The summed E-state index contributed by atoms with van der Waals surface area (Å²) in [7, 11) is 0. The van der Waals surface area contributed by atoms with Gasteiger partial charge in [0, 0.05) is 19.3 Å². The zero-order valence-electron chi connectivity index (χ0n) is 12.0. The molecular weight excluding hydrogens is 294 g/mol. The van der Waals surface area contributed by atoms with Crippen molar-refractivity contribution in [3.63, 3.8) is 0 Å². The lowest BCUT2D eigenvalue weighted by molar-refractivity contribution is -0.0183. The predicted octanol–water partition coefficient (Wildman–Crippen LogP) is 1.39. The van der Waals surface area contributed by atoms with E-state index in [1.807, 2.05) is 0 Å². The van der Waals surface area contributed by atoms with Gasteiger partial charge in [0.1, 0.15) is 5.82 Å². The number of aromatic nitrogens is 1. The van der Waals surface area contributed by atoms with E-state index in [2.05, 4.69) is 17.2 Å². The van der Waals surface area contributed by atoms with E-state index in [0.29, 0.717) is 36.2 Å². The molecule has 1 aromatic rings. The number of amides is 1. The Labute approximate surface area is 129 Å². The molecule has 0 aliphatic carbocycles. The van der Waals surface area contributed by atoms with E-state index < -0.39 is 0 Å². The van der Waals surface area contributed by atoms with Gasteiger partial charge in [0.05, 0.1) is 36.4 Å². The fourth-order valence-electron chi connectivity index (χ4n) is 2.18. The van der Waals surface area contributed by atoms with E-state index in [-0.39, 0.29) is 18.6 Å².